The maximum atomic E-state index is 4.42. The van der Waals surface area contributed by atoms with Gasteiger partial charge in [-0.05, 0) is 18.6 Å². The zero-order chi connectivity index (χ0) is 10.7. The molecule has 0 saturated heterocycles. The second-order valence-corrected chi connectivity index (χ2v) is 3.23. The predicted octanol–water partition coefficient (Wildman–Crippen LogP) is 1.89. The zero-order valence-corrected chi connectivity index (χ0v) is 8.73. The molecule has 15 heavy (non-hydrogen) atoms. The normalized spacial score (nSPS) is 10.0. The molecule has 0 fully saturated rings. The molecule has 0 bridgehead atoms. The van der Waals surface area contributed by atoms with Gasteiger partial charge in [-0.3, -0.25) is 9.97 Å². The lowest BCUT2D eigenvalue weighted by molar-refractivity contribution is 1.17. The zero-order valence-electron chi connectivity index (χ0n) is 8.73. The van der Waals surface area contributed by atoms with Gasteiger partial charge in [-0.15, -0.1) is 0 Å². The van der Waals surface area contributed by atoms with E-state index in [0.29, 0.717) is 0 Å². The fourth-order valence-corrected chi connectivity index (χ4v) is 1.38. The van der Waals surface area contributed by atoms with Crippen molar-refractivity contribution in [3.8, 4) is 11.3 Å². The van der Waals surface area contributed by atoms with E-state index in [1.807, 2.05) is 26.2 Å². The molecule has 76 valence electrons. The van der Waals surface area contributed by atoms with Crippen molar-refractivity contribution in [1.82, 2.24) is 15.0 Å². The molecule has 0 radical (unpaired) electrons. The molecule has 0 saturated carbocycles. The van der Waals surface area contributed by atoms with E-state index in [-0.39, 0.29) is 0 Å². The molecule has 2 heterocycles. The van der Waals surface area contributed by atoms with Gasteiger partial charge in [-0.25, -0.2) is 4.98 Å². The Morgan fingerprint density at radius 3 is 2.73 bits per heavy atom. The van der Waals surface area contributed by atoms with Crippen LogP contribution in [0.3, 0.4) is 0 Å². The van der Waals surface area contributed by atoms with Gasteiger partial charge in [-0.1, -0.05) is 0 Å². The number of aromatic nitrogens is 3. The maximum absolute atomic E-state index is 4.42. The standard InChI is InChI=1S/C11H12N4/c1-8-5-13-4-3-9(8)10-6-14-7-11(12-2)15-10/h3-7H,1-2H3,(H,12,15). The first-order valence-corrected chi connectivity index (χ1v) is 4.72. The van der Waals surface area contributed by atoms with Gasteiger partial charge in [0.2, 0.25) is 0 Å². The van der Waals surface area contributed by atoms with E-state index in [1.165, 1.54) is 0 Å². The highest BCUT2D eigenvalue weighted by molar-refractivity contribution is 5.62. The Bertz CT molecular complexity index is 468. The molecule has 0 spiro atoms. The molecule has 0 atom stereocenters. The molecular weight excluding hydrogens is 188 g/mol. The third kappa shape index (κ3) is 1.93. The Morgan fingerprint density at radius 1 is 1.13 bits per heavy atom. The molecule has 2 rings (SSSR count). The van der Waals surface area contributed by atoms with Crippen LogP contribution in [0.1, 0.15) is 5.56 Å². The van der Waals surface area contributed by atoms with Gasteiger partial charge in [0.1, 0.15) is 5.82 Å². The van der Waals surface area contributed by atoms with Crippen molar-refractivity contribution in [2.45, 2.75) is 6.92 Å². The van der Waals surface area contributed by atoms with Crippen LogP contribution in [0.25, 0.3) is 11.3 Å². The van der Waals surface area contributed by atoms with Crippen LogP contribution in [-0.4, -0.2) is 22.0 Å². The molecular formula is C11H12N4. The van der Waals surface area contributed by atoms with Crippen molar-refractivity contribution in [2.24, 2.45) is 0 Å². The van der Waals surface area contributed by atoms with Gasteiger partial charge in [0, 0.05) is 25.0 Å². The Kier molecular flexibility index (Phi) is 2.58. The molecule has 0 amide bonds. The lowest BCUT2D eigenvalue weighted by Crippen LogP contribution is -1.96. The third-order valence-electron chi connectivity index (χ3n) is 2.19. The van der Waals surface area contributed by atoms with E-state index in [4.69, 9.17) is 0 Å². The summed E-state index contributed by atoms with van der Waals surface area (Å²) in [5.41, 5.74) is 3.02. The lowest BCUT2D eigenvalue weighted by atomic mass is 10.1. The first kappa shape index (κ1) is 9.58. The molecule has 0 aliphatic rings. The second-order valence-electron chi connectivity index (χ2n) is 3.23. The SMILES string of the molecule is CNc1cncc(-c2ccncc2C)n1. The fraction of sp³-hybridized carbons (Fsp3) is 0.182. The summed E-state index contributed by atoms with van der Waals surface area (Å²) in [7, 11) is 1.83. The molecule has 0 aliphatic heterocycles. The summed E-state index contributed by atoms with van der Waals surface area (Å²) in [6.07, 6.45) is 7.03. The molecule has 0 aliphatic carbocycles. The first-order chi connectivity index (χ1) is 7.31. The Labute approximate surface area is 88.4 Å². The number of hydrogen-bond donors (Lipinski definition) is 1. The quantitative estimate of drug-likeness (QED) is 0.804. The molecule has 0 unspecified atom stereocenters. The highest BCUT2D eigenvalue weighted by atomic mass is 15.0. The van der Waals surface area contributed by atoms with Gasteiger partial charge in [0.05, 0.1) is 18.1 Å². The van der Waals surface area contributed by atoms with E-state index >= 15 is 0 Å². The highest BCUT2D eigenvalue weighted by Crippen LogP contribution is 2.20. The van der Waals surface area contributed by atoms with E-state index in [1.54, 1.807) is 18.6 Å². The van der Waals surface area contributed by atoms with Gasteiger partial charge >= 0.3 is 0 Å². The van der Waals surface area contributed by atoms with Crippen molar-refractivity contribution in [1.29, 1.82) is 0 Å². The summed E-state index contributed by atoms with van der Waals surface area (Å²) < 4.78 is 0. The summed E-state index contributed by atoms with van der Waals surface area (Å²) in [5.74, 6) is 0.767. The van der Waals surface area contributed by atoms with E-state index in [2.05, 4.69) is 20.3 Å². The van der Waals surface area contributed by atoms with Crippen LogP contribution in [0.2, 0.25) is 0 Å². The van der Waals surface area contributed by atoms with E-state index < -0.39 is 0 Å². The van der Waals surface area contributed by atoms with Crippen LogP contribution >= 0.6 is 0 Å². The van der Waals surface area contributed by atoms with Gasteiger partial charge in [0.25, 0.3) is 0 Å². The largest absolute Gasteiger partial charge is 0.372 e. The van der Waals surface area contributed by atoms with Crippen molar-refractivity contribution in [3.05, 3.63) is 36.4 Å². The molecule has 0 aromatic carbocycles. The monoisotopic (exact) mass is 200 g/mol. The number of pyridine rings is 1. The predicted molar refractivity (Wildman–Crippen MR) is 59.5 cm³/mol. The highest BCUT2D eigenvalue weighted by Gasteiger charge is 2.03. The summed E-state index contributed by atoms with van der Waals surface area (Å²) in [6.45, 7) is 2.01. The van der Waals surface area contributed by atoms with Crippen molar-refractivity contribution in [2.75, 3.05) is 12.4 Å². The summed E-state index contributed by atoms with van der Waals surface area (Å²) in [6, 6.07) is 1.94. The smallest absolute Gasteiger partial charge is 0.144 e. The van der Waals surface area contributed by atoms with Crippen LogP contribution in [0.4, 0.5) is 5.82 Å². The fourth-order valence-electron chi connectivity index (χ4n) is 1.38. The number of hydrogen-bond acceptors (Lipinski definition) is 4. The summed E-state index contributed by atoms with van der Waals surface area (Å²) in [5, 5.41) is 2.97. The van der Waals surface area contributed by atoms with Crippen LogP contribution < -0.4 is 5.32 Å². The number of aryl methyl sites for hydroxylation is 1. The summed E-state index contributed by atoms with van der Waals surface area (Å²) in [4.78, 5) is 12.6. The minimum Gasteiger partial charge on any atom is -0.372 e. The van der Waals surface area contributed by atoms with Crippen molar-refractivity contribution >= 4 is 5.82 Å². The van der Waals surface area contributed by atoms with Crippen LogP contribution in [0, 0.1) is 6.92 Å². The molecule has 2 aromatic heterocycles. The van der Waals surface area contributed by atoms with Gasteiger partial charge < -0.3 is 5.32 Å². The molecule has 4 heteroatoms. The number of anilines is 1. The van der Waals surface area contributed by atoms with E-state index in [9.17, 15) is 0 Å². The minimum atomic E-state index is 0.767. The Balaban J connectivity index is 2.49. The second kappa shape index (κ2) is 4.04. The molecule has 4 nitrogen and oxygen atoms in total. The number of nitrogens with one attached hydrogen (secondary N) is 1. The minimum absolute atomic E-state index is 0.767. The Morgan fingerprint density at radius 2 is 2.00 bits per heavy atom. The van der Waals surface area contributed by atoms with Crippen LogP contribution in [0.5, 0.6) is 0 Å². The van der Waals surface area contributed by atoms with Gasteiger partial charge in [0.15, 0.2) is 0 Å². The van der Waals surface area contributed by atoms with Crippen molar-refractivity contribution in [3.63, 3.8) is 0 Å². The Hall–Kier alpha value is -1.97. The van der Waals surface area contributed by atoms with E-state index in [0.717, 1.165) is 22.6 Å². The van der Waals surface area contributed by atoms with Crippen LogP contribution in [-0.2, 0) is 0 Å². The number of nitrogens with zero attached hydrogens (tertiary/aromatic N) is 3. The maximum Gasteiger partial charge on any atom is 0.144 e. The van der Waals surface area contributed by atoms with Crippen molar-refractivity contribution < 1.29 is 0 Å². The molecule has 1 N–H and O–H groups in total. The first-order valence-electron chi connectivity index (χ1n) is 4.72. The third-order valence-corrected chi connectivity index (χ3v) is 2.19. The average Bonchev–Trinajstić information content (AvgIpc) is 2.30. The van der Waals surface area contributed by atoms with Gasteiger partial charge in [-0.2, -0.15) is 0 Å². The average molecular weight is 200 g/mol. The molecule has 2 aromatic rings. The number of rotatable bonds is 2. The summed E-state index contributed by atoms with van der Waals surface area (Å²) >= 11 is 0. The topological polar surface area (TPSA) is 50.7 Å². The van der Waals surface area contributed by atoms with Crippen LogP contribution in [0.15, 0.2) is 30.9 Å². The lowest BCUT2D eigenvalue weighted by Gasteiger charge is -2.05.